The van der Waals surface area contributed by atoms with Crippen molar-refractivity contribution < 1.29 is 32.3 Å². The number of hydrogen-bond donors (Lipinski definition) is 2. The lowest BCUT2D eigenvalue weighted by Crippen LogP contribution is -2.39. The predicted octanol–water partition coefficient (Wildman–Crippen LogP) is 1.23. The fraction of sp³-hybridized carbons (Fsp3) is 0.267. The molecule has 1 rings (SSSR count). The summed E-state index contributed by atoms with van der Waals surface area (Å²) in [5.41, 5.74) is -0.147. The minimum absolute atomic E-state index is 0.0297. The fourth-order valence-electron chi connectivity index (χ4n) is 1.62. The molecule has 1 aromatic carbocycles. The van der Waals surface area contributed by atoms with E-state index in [0.29, 0.717) is 0 Å². The maximum absolute atomic E-state index is 12.2. The first kappa shape index (κ1) is 21.6. The first-order valence-corrected chi connectivity index (χ1v) is 8.98. The van der Waals surface area contributed by atoms with E-state index in [1.807, 2.05) is 5.32 Å². The van der Waals surface area contributed by atoms with Crippen LogP contribution in [0.1, 0.15) is 17.3 Å². The number of hydrogen-bond acceptors (Lipinski definition) is 7. The smallest absolute Gasteiger partial charge is 0.413 e. The number of methoxy groups -OCH3 is 1. The SMILES string of the molecule is C=CCNS(=O)(=O)c1cc(C(=O)O[C@H](C)C(=O)NC(=O)OC)ccc1Cl. The molecule has 0 fully saturated rings. The summed E-state index contributed by atoms with van der Waals surface area (Å²) < 4.78 is 35.7. The average Bonchev–Trinajstić information content (AvgIpc) is 2.59. The van der Waals surface area contributed by atoms with Gasteiger partial charge in [0.15, 0.2) is 6.10 Å². The molecule has 2 N–H and O–H groups in total. The van der Waals surface area contributed by atoms with Crippen LogP contribution in [0.15, 0.2) is 35.7 Å². The molecule has 142 valence electrons. The Morgan fingerprint density at radius 2 is 2.00 bits per heavy atom. The number of carbonyl (C=O) groups excluding carboxylic acids is 3. The molecule has 2 amide bonds. The number of alkyl carbamates (subject to hydrolysis) is 1. The standard InChI is InChI=1S/C15H17ClN2O7S/c1-4-7-17-26(22,23)12-8-10(5-6-11(12)16)14(20)25-9(2)13(19)18-15(21)24-3/h4-6,8-9,17H,1,7H2,2-3H3,(H,18,19,21)/t9-/m1/s1. The van der Waals surface area contributed by atoms with E-state index in [1.54, 1.807) is 0 Å². The molecule has 0 unspecified atom stereocenters. The van der Waals surface area contributed by atoms with Crippen LogP contribution in [-0.4, -0.2) is 46.1 Å². The van der Waals surface area contributed by atoms with Crippen LogP contribution in [0, 0.1) is 0 Å². The third kappa shape index (κ3) is 5.83. The Morgan fingerprint density at radius 1 is 1.35 bits per heavy atom. The summed E-state index contributed by atoms with van der Waals surface area (Å²) in [6, 6.07) is 3.46. The Balaban J connectivity index is 2.97. The number of rotatable bonds is 7. The Kier molecular flexibility index (Phi) is 7.75. The normalized spacial score (nSPS) is 12.0. The van der Waals surface area contributed by atoms with Crippen molar-refractivity contribution in [3.8, 4) is 0 Å². The highest BCUT2D eigenvalue weighted by atomic mass is 35.5. The Hall–Kier alpha value is -2.43. The number of nitrogens with one attached hydrogen (secondary N) is 2. The second-order valence-electron chi connectivity index (χ2n) is 4.81. The minimum Gasteiger partial charge on any atom is -0.453 e. The van der Waals surface area contributed by atoms with Crippen LogP contribution < -0.4 is 10.0 Å². The molecule has 0 aliphatic carbocycles. The van der Waals surface area contributed by atoms with Crippen molar-refractivity contribution in [2.45, 2.75) is 17.9 Å². The lowest BCUT2D eigenvalue weighted by Gasteiger charge is -2.13. The molecule has 0 radical (unpaired) electrons. The number of sulfonamides is 1. The topological polar surface area (TPSA) is 128 Å². The molecular weight excluding hydrogens is 388 g/mol. The molecule has 11 heteroatoms. The van der Waals surface area contributed by atoms with Gasteiger partial charge in [-0.1, -0.05) is 17.7 Å². The molecule has 0 bridgehead atoms. The van der Waals surface area contributed by atoms with Crippen LogP contribution in [0.2, 0.25) is 5.02 Å². The number of carbonyl (C=O) groups is 3. The highest BCUT2D eigenvalue weighted by molar-refractivity contribution is 7.89. The fourth-order valence-corrected chi connectivity index (χ4v) is 3.14. The first-order valence-electron chi connectivity index (χ1n) is 7.12. The van der Waals surface area contributed by atoms with Gasteiger partial charge in [-0.05, 0) is 25.1 Å². The summed E-state index contributed by atoms with van der Waals surface area (Å²) in [6.07, 6.45) is -0.993. The van der Waals surface area contributed by atoms with Crippen LogP contribution >= 0.6 is 11.6 Å². The summed E-state index contributed by atoms with van der Waals surface area (Å²) in [6.45, 7) is 4.60. The van der Waals surface area contributed by atoms with Crippen molar-refractivity contribution in [2.24, 2.45) is 0 Å². The zero-order chi connectivity index (χ0) is 19.9. The van der Waals surface area contributed by atoms with Crippen LogP contribution in [0.5, 0.6) is 0 Å². The maximum atomic E-state index is 12.2. The van der Waals surface area contributed by atoms with Gasteiger partial charge in [-0.15, -0.1) is 6.58 Å². The first-order chi connectivity index (χ1) is 12.1. The Bertz CT molecular complexity index is 823. The highest BCUT2D eigenvalue weighted by Gasteiger charge is 2.24. The van der Waals surface area contributed by atoms with Gasteiger partial charge >= 0.3 is 12.1 Å². The molecule has 0 saturated heterocycles. The third-order valence-electron chi connectivity index (χ3n) is 2.94. The van der Waals surface area contributed by atoms with Gasteiger partial charge in [0.25, 0.3) is 5.91 Å². The van der Waals surface area contributed by atoms with E-state index < -0.39 is 34.1 Å². The van der Waals surface area contributed by atoms with Crippen molar-refractivity contribution in [1.29, 1.82) is 0 Å². The van der Waals surface area contributed by atoms with Gasteiger partial charge in [0.05, 0.1) is 17.7 Å². The second kappa shape index (κ2) is 9.32. The van der Waals surface area contributed by atoms with E-state index in [0.717, 1.165) is 13.2 Å². The molecule has 26 heavy (non-hydrogen) atoms. The summed E-state index contributed by atoms with van der Waals surface area (Å²) in [4.78, 5) is 34.4. The van der Waals surface area contributed by atoms with Crippen molar-refractivity contribution in [3.05, 3.63) is 41.4 Å². The Morgan fingerprint density at radius 3 is 2.58 bits per heavy atom. The lowest BCUT2D eigenvalue weighted by molar-refractivity contribution is -0.128. The molecule has 0 heterocycles. The molecule has 1 atom stereocenters. The quantitative estimate of drug-likeness (QED) is 0.516. The highest BCUT2D eigenvalue weighted by Crippen LogP contribution is 2.23. The number of benzene rings is 1. The van der Waals surface area contributed by atoms with E-state index in [-0.39, 0.29) is 22.0 Å². The van der Waals surface area contributed by atoms with Crippen LogP contribution in [0.3, 0.4) is 0 Å². The zero-order valence-electron chi connectivity index (χ0n) is 13.9. The van der Waals surface area contributed by atoms with E-state index >= 15 is 0 Å². The number of ether oxygens (including phenoxy) is 2. The summed E-state index contributed by atoms with van der Waals surface area (Å²) >= 11 is 5.88. The largest absolute Gasteiger partial charge is 0.453 e. The summed E-state index contributed by atoms with van der Waals surface area (Å²) in [7, 11) is -2.91. The number of imide groups is 1. The van der Waals surface area contributed by atoms with E-state index in [1.165, 1.54) is 25.1 Å². The maximum Gasteiger partial charge on any atom is 0.413 e. The average molecular weight is 405 g/mol. The molecule has 1 aromatic rings. The molecule has 0 aromatic heterocycles. The number of esters is 1. The van der Waals surface area contributed by atoms with E-state index in [2.05, 4.69) is 16.0 Å². The van der Waals surface area contributed by atoms with Gasteiger partial charge in [-0.2, -0.15) is 0 Å². The van der Waals surface area contributed by atoms with Crippen LogP contribution in [0.25, 0.3) is 0 Å². The van der Waals surface area contributed by atoms with Gasteiger partial charge in [0, 0.05) is 6.54 Å². The van der Waals surface area contributed by atoms with E-state index in [9.17, 15) is 22.8 Å². The minimum atomic E-state index is -3.97. The van der Waals surface area contributed by atoms with Crippen molar-refractivity contribution in [1.82, 2.24) is 10.0 Å². The zero-order valence-corrected chi connectivity index (χ0v) is 15.5. The third-order valence-corrected chi connectivity index (χ3v) is 4.84. The molecule has 0 spiro atoms. The van der Waals surface area contributed by atoms with Gasteiger partial charge in [-0.3, -0.25) is 10.1 Å². The number of amides is 2. The van der Waals surface area contributed by atoms with Crippen molar-refractivity contribution in [3.63, 3.8) is 0 Å². The Labute approximate surface area is 155 Å². The molecule has 0 aliphatic rings. The van der Waals surface area contributed by atoms with Gasteiger partial charge in [0.2, 0.25) is 10.0 Å². The van der Waals surface area contributed by atoms with Gasteiger partial charge < -0.3 is 9.47 Å². The summed E-state index contributed by atoms with van der Waals surface area (Å²) in [5.74, 6) is -1.88. The molecule has 9 nitrogen and oxygen atoms in total. The van der Waals surface area contributed by atoms with Crippen LogP contribution in [-0.2, 0) is 24.3 Å². The van der Waals surface area contributed by atoms with E-state index in [4.69, 9.17) is 16.3 Å². The summed E-state index contributed by atoms with van der Waals surface area (Å²) in [5, 5.41) is 1.74. The molecule has 0 saturated carbocycles. The lowest BCUT2D eigenvalue weighted by atomic mass is 10.2. The van der Waals surface area contributed by atoms with Gasteiger partial charge in [0.1, 0.15) is 4.90 Å². The number of halogens is 1. The second-order valence-corrected chi connectivity index (χ2v) is 6.96. The van der Waals surface area contributed by atoms with Crippen molar-refractivity contribution >= 4 is 39.6 Å². The predicted molar refractivity (Wildman–Crippen MR) is 92.3 cm³/mol. The van der Waals surface area contributed by atoms with Crippen molar-refractivity contribution in [2.75, 3.05) is 13.7 Å². The monoisotopic (exact) mass is 404 g/mol. The molecule has 0 aliphatic heterocycles. The van der Waals surface area contributed by atoms with Gasteiger partial charge in [-0.25, -0.2) is 22.7 Å². The molecular formula is C15H17ClN2O7S. The van der Waals surface area contributed by atoms with Crippen LogP contribution in [0.4, 0.5) is 4.79 Å².